The van der Waals surface area contributed by atoms with Crippen molar-refractivity contribution in [1.82, 2.24) is 0 Å². The zero-order valence-electron chi connectivity index (χ0n) is 10.9. The summed E-state index contributed by atoms with van der Waals surface area (Å²) in [5, 5.41) is 50.5. The van der Waals surface area contributed by atoms with E-state index in [0.29, 0.717) is 11.3 Å². The van der Waals surface area contributed by atoms with E-state index < -0.39 is 29.8 Å². The van der Waals surface area contributed by atoms with Crippen LogP contribution in [0.2, 0.25) is 0 Å². The van der Waals surface area contributed by atoms with Crippen molar-refractivity contribution in [3.05, 3.63) is 29.0 Å². The Labute approximate surface area is 115 Å². The Morgan fingerprint density at radius 2 is 2.00 bits per heavy atom. The van der Waals surface area contributed by atoms with E-state index in [1.165, 1.54) is 6.07 Å². The van der Waals surface area contributed by atoms with Crippen molar-refractivity contribution in [3.63, 3.8) is 0 Å². The predicted octanol–water partition coefficient (Wildman–Crippen LogP) is -1.75. The lowest BCUT2D eigenvalue weighted by molar-refractivity contribution is -0.991. The van der Waals surface area contributed by atoms with Gasteiger partial charge in [-0.15, -0.1) is 0 Å². The van der Waals surface area contributed by atoms with Gasteiger partial charge in [0.25, 0.3) is 0 Å². The second-order valence-corrected chi connectivity index (χ2v) is 4.78. The predicted molar refractivity (Wildman–Crippen MR) is 68.3 cm³/mol. The summed E-state index contributed by atoms with van der Waals surface area (Å²) in [4.78, 5) is 0. The fraction of sp³-hybridized carbons (Fsp3) is 0.500. The minimum absolute atomic E-state index is 0.118. The summed E-state index contributed by atoms with van der Waals surface area (Å²) < 4.78 is 5.19. The fourth-order valence-corrected chi connectivity index (χ4v) is 2.04. The summed E-state index contributed by atoms with van der Waals surface area (Å²) >= 11 is 0. The number of nitrogens with one attached hydrogen (secondary N) is 2. The zero-order chi connectivity index (χ0) is 14.9. The lowest BCUT2D eigenvalue weighted by Crippen LogP contribution is -2.99. The monoisotopic (exact) mass is 286 g/mol. The van der Waals surface area contributed by atoms with E-state index in [2.05, 4.69) is 5.32 Å². The van der Waals surface area contributed by atoms with Gasteiger partial charge in [0.15, 0.2) is 11.9 Å². The molecule has 0 bridgehead atoms. The number of aryl methyl sites for hydroxylation is 1. The average molecular weight is 286 g/mol. The Kier molecular flexibility index (Phi) is 4.55. The Bertz CT molecular complexity index is 469. The highest BCUT2D eigenvalue weighted by Gasteiger charge is 2.37. The van der Waals surface area contributed by atoms with Crippen LogP contribution in [0.4, 0.5) is 11.4 Å². The highest BCUT2D eigenvalue weighted by atomic mass is 16.8. The van der Waals surface area contributed by atoms with Crippen LogP contribution in [0.3, 0.4) is 0 Å². The van der Waals surface area contributed by atoms with Gasteiger partial charge >= 0.3 is 0 Å². The summed E-state index contributed by atoms with van der Waals surface area (Å²) in [5.74, 6) is 0. The normalized spacial score (nSPS) is 31.9. The van der Waals surface area contributed by atoms with Crippen molar-refractivity contribution in [3.8, 4) is 0 Å². The number of benzene rings is 1. The number of hydrogen-bond acceptors (Lipinski definition) is 7. The molecule has 0 spiro atoms. The van der Waals surface area contributed by atoms with Crippen molar-refractivity contribution in [2.75, 3.05) is 11.9 Å². The maximum atomic E-state index is 11.0. The number of aliphatic hydroxyl groups excluding tert-OH is 3. The van der Waals surface area contributed by atoms with Crippen LogP contribution in [0.1, 0.15) is 5.56 Å². The first-order valence-electron chi connectivity index (χ1n) is 6.16. The molecule has 1 fully saturated rings. The summed E-state index contributed by atoms with van der Waals surface area (Å²) in [7, 11) is 0. The average Bonchev–Trinajstić information content (AvgIpc) is 2.41. The minimum Gasteiger partial charge on any atom is -0.595 e. The van der Waals surface area contributed by atoms with Crippen LogP contribution in [0.5, 0.6) is 0 Å². The molecule has 2 rings (SSSR count). The second-order valence-electron chi connectivity index (χ2n) is 4.78. The van der Waals surface area contributed by atoms with Crippen molar-refractivity contribution in [2.45, 2.75) is 31.5 Å². The van der Waals surface area contributed by atoms with Crippen LogP contribution in [0.15, 0.2) is 18.2 Å². The van der Waals surface area contributed by atoms with Gasteiger partial charge in [-0.25, -0.2) is 5.21 Å². The number of hydrogen-bond donors (Lipinski definition) is 6. The van der Waals surface area contributed by atoms with Gasteiger partial charge in [0.05, 0.1) is 6.61 Å². The molecule has 1 aromatic carbocycles. The SMILES string of the molecule is Cc1ccc(N[C@@H]2OC[C@@H](O)[C@@H](O)[C@@H]2O)cc1[NH+]([O-])O. The van der Waals surface area contributed by atoms with Gasteiger partial charge < -0.3 is 30.6 Å². The van der Waals surface area contributed by atoms with Gasteiger partial charge in [0.2, 0.25) is 0 Å². The molecule has 1 aromatic rings. The van der Waals surface area contributed by atoms with E-state index in [9.17, 15) is 20.5 Å². The quantitative estimate of drug-likeness (QED) is 0.363. The van der Waals surface area contributed by atoms with Gasteiger partial charge in [0.1, 0.15) is 18.3 Å². The van der Waals surface area contributed by atoms with E-state index in [0.717, 1.165) is 0 Å². The van der Waals surface area contributed by atoms with E-state index >= 15 is 0 Å². The number of anilines is 1. The maximum absolute atomic E-state index is 11.0. The van der Waals surface area contributed by atoms with Crippen LogP contribution < -0.4 is 10.5 Å². The number of rotatable bonds is 3. The van der Waals surface area contributed by atoms with Crippen molar-refractivity contribution in [1.29, 1.82) is 0 Å². The van der Waals surface area contributed by atoms with Gasteiger partial charge in [-0.1, -0.05) is 6.07 Å². The second kappa shape index (κ2) is 6.02. The molecule has 0 aromatic heterocycles. The summed E-state index contributed by atoms with van der Waals surface area (Å²) in [6.45, 7) is 1.56. The molecule has 0 amide bonds. The van der Waals surface area contributed by atoms with Crippen molar-refractivity contribution >= 4 is 11.4 Å². The molecule has 1 saturated heterocycles. The number of quaternary nitrogens is 1. The Morgan fingerprint density at radius 3 is 2.65 bits per heavy atom. The van der Waals surface area contributed by atoms with Crippen LogP contribution in [0.25, 0.3) is 0 Å². The Morgan fingerprint density at radius 1 is 1.30 bits per heavy atom. The smallest absolute Gasteiger partial charge is 0.168 e. The van der Waals surface area contributed by atoms with Gasteiger partial charge in [-0.05, 0) is 13.0 Å². The van der Waals surface area contributed by atoms with Crippen LogP contribution >= 0.6 is 0 Å². The third-order valence-corrected chi connectivity index (χ3v) is 3.28. The first kappa shape index (κ1) is 15.1. The topological polar surface area (TPSA) is 130 Å². The van der Waals surface area contributed by atoms with Gasteiger partial charge in [-0.2, -0.15) is 5.23 Å². The molecule has 6 N–H and O–H groups in total. The van der Waals surface area contributed by atoms with E-state index in [4.69, 9.17) is 9.94 Å². The van der Waals surface area contributed by atoms with Crippen molar-refractivity contribution in [2.24, 2.45) is 0 Å². The Hall–Kier alpha value is -1.26. The zero-order valence-corrected chi connectivity index (χ0v) is 10.9. The van der Waals surface area contributed by atoms with Crippen LogP contribution in [0, 0.1) is 12.1 Å². The van der Waals surface area contributed by atoms with Crippen LogP contribution in [-0.2, 0) is 4.74 Å². The standard InChI is InChI=1S/C12H18N2O6/c1-6-2-3-7(4-8(6)14(18)19)13-12-11(17)10(16)9(15)5-20-12/h2-4,9-18H,5H2,1H3/t9-,10-,11+,12-/m1/s1. The Balaban J connectivity index is 2.12. The molecule has 0 saturated carbocycles. The molecule has 20 heavy (non-hydrogen) atoms. The fourth-order valence-electron chi connectivity index (χ4n) is 2.04. The van der Waals surface area contributed by atoms with Crippen LogP contribution in [-0.4, -0.2) is 51.7 Å². The van der Waals surface area contributed by atoms with Gasteiger partial charge in [0, 0.05) is 17.3 Å². The molecule has 1 aliphatic heterocycles. The third-order valence-electron chi connectivity index (χ3n) is 3.28. The molecule has 8 heteroatoms. The first-order chi connectivity index (χ1) is 9.40. The highest BCUT2D eigenvalue weighted by Crippen LogP contribution is 2.21. The molecule has 112 valence electrons. The molecular formula is C12H18N2O6. The number of ether oxygens (including phenoxy) is 1. The summed E-state index contributed by atoms with van der Waals surface area (Å²) in [6.07, 6.45) is -4.69. The summed E-state index contributed by atoms with van der Waals surface area (Å²) in [5.41, 5.74) is 1.20. The summed E-state index contributed by atoms with van der Waals surface area (Å²) in [6, 6.07) is 4.70. The molecule has 5 atom stereocenters. The molecule has 0 radical (unpaired) electrons. The molecular weight excluding hydrogens is 268 g/mol. The number of aliphatic hydroxyl groups is 3. The molecule has 1 unspecified atom stereocenters. The lowest BCUT2D eigenvalue weighted by atomic mass is 10.0. The van der Waals surface area contributed by atoms with E-state index in [1.54, 1.807) is 19.1 Å². The first-order valence-corrected chi connectivity index (χ1v) is 6.16. The highest BCUT2D eigenvalue weighted by molar-refractivity contribution is 5.55. The molecule has 1 aliphatic rings. The van der Waals surface area contributed by atoms with Crippen molar-refractivity contribution < 1.29 is 30.5 Å². The van der Waals surface area contributed by atoms with Gasteiger partial charge in [-0.3, -0.25) is 0 Å². The molecule has 8 nitrogen and oxygen atoms in total. The minimum atomic E-state index is -1.31. The third kappa shape index (κ3) is 3.07. The molecule has 1 heterocycles. The maximum Gasteiger partial charge on any atom is 0.168 e. The van der Waals surface area contributed by atoms with E-state index in [1.807, 2.05) is 0 Å². The molecule has 0 aliphatic carbocycles. The van der Waals surface area contributed by atoms with E-state index in [-0.39, 0.29) is 12.3 Å². The largest absolute Gasteiger partial charge is 0.595 e. The lowest BCUT2D eigenvalue weighted by Gasteiger charge is -2.36.